The van der Waals surface area contributed by atoms with Gasteiger partial charge in [0.25, 0.3) is 5.56 Å². The lowest BCUT2D eigenvalue weighted by atomic mass is 10.2. The second-order valence-corrected chi connectivity index (χ2v) is 6.65. The van der Waals surface area contributed by atoms with Crippen molar-refractivity contribution < 1.29 is 9.53 Å². The fourth-order valence-corrected chi connectivity index (χ4v) is 3.76. The molecule has 0 aromatic carbocycles. The molecule has 2 heterocycles. The van der Waals surface area contributed by atoms with Crippen LogP contribution in [0.5, 0.6) is 0 Å². The fraction of sp³-hybridized carbons (Fsp3) is 0.583. The van der Waals surface area contributed by atoms with E-state index in [9.17, 15) is 9.59 Å². The minimum Gasteiger partial charge on any atom is -0.465 e. The van der Waals surface area contributed by atoms with Crippen molar-refractivity contribution in [1.29, 1.82) is 0 Å². The van der Waals surface area contributed by atoms with Gasteiger partial charge in [-0.25, -0.2) is 4.98 Å². The lowest BCUT2D eigenvalue weighted by Gasteiger charge is -2.08. The van der Waals surface area contributed by atoms with E-state index in [4.69, 9.17) is 4.74 Å². The number of aromatic nitrogens is 2. The molecule has 104 valence electrons. The first-order valence-electron chi connectivity index (χ1n) is 6.08. The summed E-state index contributed by atoms with van der Waals surface area (Å²) in [6.07, 6.45) is 0.809. The van der Waals surface area contributed by atoms with E-state index in [0.717, 1.165) is 17.0 Å². The first-order valence-corrected chi connectivity index (χ1v) is 7.94. The van der Waals surface area contributed by atoms with Crippen LogP contribution in [0.2, 0.25) is 0 Å². The standard InChI is InChI=1S/C12H16N2O3S2/c1-4-17-9(15)6-18-12-13-8-5-7(2)19-10(8)11(16)14(12)3/h7H,4-6H2,1-3H3/t7-/m1/s1. The normalized spacial score (nSPS) is 17.3. The van der Waals surface area contributed by atoms with E-state index in [2.05, 4.69) is 11.9 Å². The Kier molecular flexibility index (Phi) is 4.57. The maximum Gasteiger partial charge on any atom is 0.316 e. The molecule has 1 atom stereocenters. The summed E-state index contributed by atoms with van der Waals surface area (Å²) in [5.41, 5.74) is 0.831. The van der Waals surface area contributed by atoms with Crippen LogP contribution in [0.4, 0.5) is 0 Å². The summed E-state index contributed by atoms with van der Waals surface area (Å²) < 4.78 is 6.37. The molecule has 0 aliphatic carbocycles. The van der Waals surface area contributed by atoms with Crippen molar-refractivity contribution in [2.45, 2.75) is 35.6 Å². The summed E-state index contributed by atoms with van der Waals surface area (Å²) in [4.78, 5) is 28.7. The van der Waals surface area contributed by atoms with Crippen LogP contribution in [-0.2, 0) is 23.0 Å². The van der Waals surface area contributed by atoms with E-state index in [1.165, 1.54) is 16.3 Å². The third-order valence-corrected chi connectivity index (χ3v) is 4.92. The van der Waals surface area contributed by atoms with Gasteiger partial charge < -0.3 is 4.74 Å². The van der Waals surface area contributed by atoms with Gasteiger partial charge >= 0.3 is 5.97 Å². The second kappa shape index (κ2) is 6.00. The summed E-state index contributed by atoms with van der Waals surface area (Å²) in [5.74, 6) is -0.111. The molecule has 0 saturated carbocycles. The number of rotatable bonds is 4. The number of hydrogen-bond acceptors (Lipinski definition) is 6. The Hall–Kier alpha value is -0.950. The minimum atomic E-state index is -0.287. The first-order chi connectivity index (χ1) is 9.02. The van der Waals surface area contributed by atoms with Crippen molar-refractivity contribution in [3.05, 3.63) is 16.0 Å². The monoisotopic (exact) mass is 300 g/mol. The molecule has 7 heteroatoms. The Morgan fingerprint density at radius 2 is 2.37 bits per heavy atom. The van der Waals surface area contributed by atoms with Gasteiger partial charge in [-0.1, -0.05) is 18.7 Å². The quantitative estimate of drug-likeness (QED) is 0.477. The molecule has 0 saturated heterocycles. The van der Waals surface area contributed by atoms with Crippen LogP contribution >= 0.6 is 23.5 Å². The number of nitrogens with zero attached hydrogens (tertiary/aromatic N) is 2. The summed E-state index contributed by atoms with van der Waals surface area (Å²) in [6, 6.07) is 0. The lowest BCUT2D eigenvalue weighted by molar-refractivity contribution is -0.139. The van der Waals surface area contributed by atoms with Crippen molar-refractivity contribution in [1.82, 2.24) is 9.55 Å². The van der Waals surface area contributed by atoms with E-state index >= 15 is 0 Å². The number of hydrogen-bond donors (Lipinski definition) is 0. The number of ether oxygens (including phenoxy) is 1. The fourth-order valence-electron chi connectivity index (χ4n) is 1.83. The largest absolute Gasteiger partial charge is 0.465 e. The highest BCUT2D eigenvalue weighted by Gasteiger charge is 2.25. The third kappa shape index (κ3) is 3.14. The summed E-state index contributed by atoms with van der Waals surface area (Å²) >= 11 is 2.82. The number of carbonyl (C=O) groups excluding carboxylic acids is 1. The average molecular weight is 300 g/mol. The molecule has 2 rings (SSSR count). The number of esters is 1. The van der Waals surface area contributed by atoms with E-state index in [0.29, 0.717) is 17.0 Å². The molecule has 0 radical (unpaired) electrons. The molecule has 1 aromatic rings. The Balaban J connectivity index is 2.19. The van der Waals surface area contributed by atoms with E-state index in [1.54, 1.807) is 25.7 Å². The van der Waals surface area contributed by atoms with Crippen LogP contribution in [0, 0.1) is 0 Å². The zero-order valence-electron chi connectivity index (χ0n) is 11.1. The molecule has 0 fully saturated rings. The van der Waals surface area contributed by atoms with Gasteiger partial charge in [0.2, 0.25) is 0 Å². The van der Waals surface area contributed by atoms with Crippen molar-refractivity contribution in [2.24, 2.45) is 7.05 Å². The van der Waals surface area contributed by atoms with Crippen LogP contribution in [0.25, 0.3) is 0 Å². The summed E-state index contributed by atoms with van der Waals surface area (Å²) in [7, 11) is 1.69. The predicted molar refractivity (Wildman–Crippen MR) is 75.9 cm³/mol. The van der Waals surface area contributed by atoms with Crippen LogP contribution < -0.4 is 5.56 Å². The predicted octanol–water partition coefficient (Wildman–Crippen LogP) is 1.47. The van der Waals surface area contributed by atoms with Gasteiger partial charge in [0.05, 0.1) is 22.9 Å². The summed E-state index contributed by atoms with van der Waals surface area (Å²) in [5, 5.41) is 0.965. The Morgan fingerprint density at radius 1 is 1.63 bits per heavy atom. The maximum atomic E-state index is 12.2. The number of thioether (sulfide) groups is 2. The van der Waals surface area contributed by atoms with E-state index in [1.807, 2.05) is 0 Å². The summed E-state index contributed by atoms with van der Waals surface area (Å²) in [6.45, 7) is 4.21. The van der Waals surface area contributed by atoms with Crippen LogP contribution in [0.3, 0.4) is 0 Å². The molecular weight excluding hydrogens is 284 g/mol. The maximum absolute atomic E-state index is 12.2. The van der Waals surface area contributed by atoms with Crippen LogP contribution in [0.1, 0.15) is 19.5 Å². The highest BCUT2D eigenvalue weighted by atomic mass is 32.2. The van der Waals surface area contributed by atoms with E-state index < -0.39 is 0 Å². The van der Waals surface area contributed by atoms with Crippen molar-refractivity contribution in [3.8, 4) is 0 Å². The number of fused-ring (bicyclic) bond motifs is 1. The molecule has 1 aliphatic heterocycles. The van der Waals surface area contributed by atoms with E-state index in [-0.39, 0.29) is 17.3 Å². The van der Waals surface area contributed by atoms with Gasteiger partial charge in [0, 0.05) is 18.7 Å². The van der Waals surface area contributed by atoms with Gasteiger partial charge in [-0.2, -0.15) is 0 Å². The Morgan fingerprint density at radius 3 is 3.05 bits per heavy atom. The van der Waals surface area contributed by atoms with Gasteiger partial charge in [-0.05, 0) is 6.92 Å². The highest BCUT2D eigenvalue weighted by molar-refractivity contribution is 8.00. The molecule has 0 amide bonds. The molecule has 0 unspecified atom stereocenters. The molecule has 0 N–H and O–H groups in total. The smallest absolute Gasteiger partial charge is 0.316 e. The molecule has 19 heavy (non-hydrogen) atoms. The van der Waals surface area contributed by atoms with Crippen molar-refractivity contribution in [3.63, 3.8) is 0 Å². The molecule has 1 aliphatic rings. The zero-order valence-corrected chi connectivity index (χ0v) is 12.8. The molecule has 0 bridgehead atoms. The molecular formula is C12H16N2O3S2. The van der Waals surface area contributed by atoms with Gasteiger partial charge in [0.1, 0.15) is 0 Å². The zero-order chi connectivity index (χ0) is 14.0. The molecule has 0 spiro atoms. The first kappa shape index (κ1) is 14.5. The van der Waals surface area contributed by atoms with Crippen molar-refractivity contribution >= 4 is 29.5 Å². The Labute approximate surface area is 120 Å². The van der Waals surface area contributed by atoms with Gasteiger partial charge in [-0.3, -0.25) is 14.2 Å². The Bertz CT molecular complexity index is 557. The van der Waals surface area contributed by atoms with Gasteiger partial charge in [-0.15, -0.1) is 11.8 Å². The number of carbonyl (C=O) groups is 1. The average Bonchev–Trinajstić information content (AvgIpc) is 2.73. The van der Waals surface area contributed by atoms with Crippen LogP contribution in [-0.4, -0.2) is 33.1 Å². The van der Waals surface area contributed by atoms with Gasteiger partial charge in [0.15, 0.2) is 5.16 Å². The third-order valence-electron chi connectivity index (χ3n) is 2.70. The molecule has 1 aromatic heterocycles. The minimum absolute atomic E-state index is 0.0225. The topological polar surface area (TPSA) is 61.2 Å². The second-order valence-electron chi connectivity index (χ2n) is 4.26. The van der Waals surface area contributed by atoms with Crippen LogP contribution in [0.15, 0.2) is 14.8 Å². The molecule has 5 nitrogen and oxygen atoms in total. The van der Waals surface area contributed by atoms with Crippen molar-refractivity contribution in [2.75, 3.05) is 12.4 Å². The highest BCUT2D eigenvalue weighted by Crippen LogP contribution is 2.33. The lowest BCUT2D eigenvalue weighted by Crippen LogP contribution is -2.22. The SMILES string of the molecule is CCOC(=O)CSc1nc2c(c(=O)n1C)S[C@H](C)C2.